The highest BCUT2D eigenvalue weighted by molar-refractivity contribution is 6.34. The molecule has 2 fully saturated rings. The van der Waals surface area contributed by atoms with Gasteiger partial charge >= 0.3 is 11.9 Å². The average Bonchev–Trinajstić information content (AvgIpc) is 0.834. The van der Waals surface area contributed by atoms with Crippen LogP contribution in [-0.2, 0) is 32.2 Å². The summed E-state index contributed by atoms with van der Waals surface area (Å²) in [5.74, 6) is 1.94. The van der Waals surface area contributed by atoms with E-state index < -0.39 is 12.1 Å². The summed E-state index contributed by atoms with van der Waals surface area (Å²) < 4.78 is 10.4. The quantitative estimate of drug-likeness (QED) is 0.0406. The van der Waals surface area contributed by atoms with Gasteiger partial charge in [-0.25, -0.2) is 24.7 Å². The fourth-order valence-corrected chi connectivity index (χ4v) is 11.7. The molecule has 0 spiro atoms. The molecule has 4 heterocycles. The summed E-state index contributed by atoms with van der Waals surface area (Å²) in [6, 6.07) is 47.5. The van der Waals surface area contributed by atoms with Gasteiger partial charge in [0.15, 0.2) is 0 Å². The molecule has 6 aromatic carbocycles. The number of aromatic nitrogens is 4. The van der Waals surface area contributed by atoms with Crippen molar-refractivity contribution >= 4 is 97.6 Å². The third kappa shape index (κ3) is 23.6. The highest BCUT2D eigenvalue weighted by atomic mass is 35.5. The Kier molecular flexibility index (Phi) is 30.9. The number of benzene rings is 6. The zero-order valence-corrected chi connectivity index (χ0v) is 59.1. The first-order valence-corrected chi connectivity index (χ1v) is 34.0. The topological polar surface area (TPSA) is 182 Å². The number of halogens is 5. The van der Waals surface area contributed by atoms with E-state index in [2.05, 4.69) is 83.3 Å². The molecule has 17 nitrogen and oxygen atoms in total. The van der Waals surface area contributed by atoms with Crippen molar-refractivity contribution in [2.45, 2.75) is 77.8 Å². The molecule has 504 valence electrons. The predicted molar refractivity (Wildman–Crippen MR) is 384 cm³/mol. The highest BCUT2D eigenvalue weighted by Gasteiger charge is 2.30. The van der Waals surface area contributed by atoms with E-state index >= 15 is 0 Å². The van der Waals surface area contributed by atoms with Crippen LogP contribution in [0.3, 0.4) is 0 Å². The molecule has 22 heteroatoms. The molecule has 0 radical (unpaired) electrons. The predicted octanol–water partition coefficient (Wildman–Crippen LogP) is 13.1. The molecule has 94 heavy (non-hydrogen) atoms. The van der Waals surface area contributed by atoms with Crippen LogP contribution in [-0.4, -0.2) is 192 Å². The second kappa shape index (κ2) is 38.6. The largest absolute Gasteiger partial charge is 0.464 e. The number of aliphatic hydroxyl groups is 1. The molecule has 10 rings (SSSR count). The second-order valence-corrected chi connectivity index (χ2v) is 26.3. The third-order valence-corrected chi connectivity index (χ3v) is 17.1. The van der Waals surface area contributed by atoms with Gasteiger partial charge in [0.2, 0.25) is 0 Å². The Morgan fingerprint density at radius 2 is 0.915 bits per heavy atom. The Labute approximate surface area is 580 Å². The normalized spacial score (nSPS) is 14.7. The number of esters is 2. The minimum Gasteiger partial charge on any atom is -0.464 e. The molecule has 0 amide bonds. The van der Waals surface area contributed by atoms with Crippen molar-refractivity contribution in [3.63, 3.8) is 0 Å². The minimum absolute atomic E-state index is 0.0985. The van der Waals surface area contributed by atoms with Crippen LogP contribution >= 0.6 is 58.0 Å². The molecule has 2 aliphatic rings. The number of rotatable bonds is 23. The number of nitrogens with one attached hydrogen (secondary N) is 1. The molecule has 2 saturated heterocycles. The average molecular weight is 1380 g/mol. The number of anilines is 1. The van der Waals surface area contributed by atoms with E-state index in [1.165, 1.54) is 22.3 Å². The van der Waals surface area contributed by atoms with Gasteiger partial charge in [0.25, 0.3) is 0 Å². The number of para-hydroxylation sites is 2. The number of carbonyl (C=O) groups excluding carboxylic acids is 2. The Morgan fingerprint density at radius 3 is 1.32 bits per heavy atom. The van der Waals surface area contributed by atoms with E-state index in [4.69, 9.17) is 93.3 Å². The monoisotopic (exact) mass is 1380 g/mol. The van der Waals surface area contributed by atoms with Gasteiger partial charge in [-0.2, -0.15) is 0 Å². The molecule has 8 aromatic rings. The Bertz CT molecular complexity index is 3490. The van der Waals surface area contributed by atoms with Gasteiger partial charge in [0.1, 0.15) is 34.7 Å². The van der Waals surface area contributed by atoms with Crippen molar-refractivity contribution < 1.29 is 24.2 Å². The molecular formula is C72H91Cl5N12O5. The summed E-state index contributed by atoms with van der Waals surface area (Å²) in [7, 11) is 7.89. The van der Waals surface area contributed by atoms with E-state index in [1.807, 2.05) is 151 Å². The van der Waals surface area contributed by atoms with Crippen LogP contribution in [0.4, 0.5) is 5.82 Å². The van der Waals surface area contributed by atoms with Crippen LogP contribution in [0, 0.1) is 5.92 Å². The van der Waals surface area contributed by atoms with Gasteiger partial charge in [-0.05, 0) is 162 Å². The summed E-state index contributed by atoms with van der Waals surface area (Å²) in [5.41, 5.74) is 12.2. The fraction of sp³-hybridized carbons (Fsp3) is 0.417. The molecule has 2 aromatic heterocycles. The molecule has 0 unspecified atom stereocenters. The van der Waals surface area contributed by atoms with Gasteiger partial charge in [-0.1, -0.05) is 145 Å². The number of ether oxygens (including phenoxy) is 2. The molecule has 0 aliphatic carbocycles. The fourth-order valence-electron chi connectivity index (χ4n) is 10.9. The lowest BCUT2D eigenvalue weighted by atomic mass is 9.96. The Balaban J connectivity index is 0.000000219. The number of carbonyl (C=O) groups is 2. The van der Waals surface area contributed by atoms with Crippen LogP contribution < -0.4 is 11.1 Å². The van der Waals surface area contributed by atoms with E-state index in [-0.39, 0.29) is 30.6 Å². The molecule has 2 aliphatic heterocycles. The number of aliphatic hydroxyl groups excluding tert-OH is 1. The lowest BCUT2D eigenvalue weighted by molar-refractivity contribution is -0.146. The number of nitrogens with two attached hydrogens (primary N) is 1. The lowest BCUT2D eigenvalue weighted by Gasteiger charge is -2.39. The van der Waals surface area contributed by atoms with Crippen molar-refractivity contribution in [2.24, 2.45) is 11.7 Å². The van der Waals surface area contributed by atoms with Crippen molar-refractivity contribution in [1.82, 2.24) is 49.3 Å². The zero-order valence-electron chi connectivity index (χ0n) is 55.3. The maximum atomic E-state index is 12.8. The van der Waals surface area contributed by atoms with E-state index in [1.54, 1.807) is 6.92 Å². The van der Waals surface area contributed by atoms with Gasteiger partial charge in [0, 0.05) is 96.4 Å². The van der Waals surface area contributed by atoms with Crippen molar-refractivity contribution in [3.05, 3.63) is 205 Å². The van der Waals surface area contributed by atoms with Gasteiger partial charge in [-0.3, -0.25) is 24.4 Å². The van der Waals surface area contributed by atoms with Gasteiger partial charge in [0.05, 0.1) is 49.4 Å². The van der Waals surface area contributed by atoms with Crippen LogP contribution in [0.25, 0.3) is 21.8 Å². The van der Waals surface area contributed by atoms with Crippen LogP contribution in [0.2, 0.25) is 25.2 Å². The number of nitrogens with zero attached hydrogens (tertiary/aromatic N) is 10. The molecule has 0 bridgehead atoms. The first-order valence-electron chi connectivity index (χ1n) is 32.1. The van der Waals surface area contributed by atoms with Crippen molar-refractivity contribution in [2.75, 3.05) is 119 Å². The van der Waals surface area contributed by atoms with Gasteiger partial charge < -0.3 is 35.4 Å². The molecular weight excluding hydrogens is 1290 g/mol. The smallest absolute Gasteiger partial charge is 0.328 e. The summed E-state index contributed by atoms with van der Waals surface area (Å²) in [6.45, 7) is 18.6. The van der Waals surface area contributed by atoms with Crippen molar-refractivity contribution in [3.8, 4) is 0 Å². The van der Waals surface area contributed by atoms with E-state index in [0.29, 0.717) is 56.0 Å². The number of piperazine rings is 2. The first-order chi connectivity index (χ1) is 45.2. The molecule has 2 atom stereocenters. The second-order valence-electron chi connectivity index (χ2n) is 24.2. The maximum absolute atomic E-state index is 12.8. The molecule has 0 saturated carbocycles. The SMILES string of the molecule is CC(C)COC(=O)[C@@H](N)CCN(C)C.CCO.CCOC(=O)[C@H](CCN(C)C)Nc1nc(CN2CCN(C(c3ccc(Cl)cc3)c3ccc(Cl)cc3)CC2)nc2ccccc12.Clc1ccc(C(c2ccc(Cl)cc2)N2CCN(Cc3nc(Cl)c4ccccc4n3)CC2)cc1. The number of fused-ring (bicyclic) bond motifs is 2. The number of hydrogen-bond donors (Lipinski definition) is 3. The van der Waals surface area contributed by atoms with Crippen molar-refractivity contribution in [1.29, 1.82) is 0 Å². The lowest BCUT2D eigenvalue weighted by Crippen LogP contribution is -2.47. The van der Waals surface area contributed by atoms with E-state index in [9.17, 15) is 9.59 Å². The van der Waals surface area contributed by atoms with E-state index in [0.717, 1.165) is 119 Å². The number of hydrogen-bond acceptors (Lipinski definition) is 17. The Morgan fingerprint density at radius 1 is 0.532 bits per heavy atom. The first kappa shape index (κ1) is 75.3. The summed E-state index contributed by atoms with van der Waals surface area (Å²) in [5, 5.41) is 16.2. The van der Waals surface area contributed by atoms with Crippen LogP contribution in [0.15, 0.2) is 146 Å². The molecule has 4 N–H and O–H groups in total. The van der Waals surface area contributed by atoms with Crippen LogP contribution in [0.1, 0.15) is 86.5 Å². The van der Waals surface area contributed by atoms with Gasteiger partial charge in [-0.15, -0.1) is 0 Å². The summed E-state index contributed by atoms with van der Waals surface area (Å²) in [6.07, 6.45) is 1.24. The van der Waals surface area contributed by atoms with Crippen LogP contribution in [0.5, 0.6) is 0 Å². The summed E-state index contributed by atoms with van der Waals surface area (Å²) >= 11 is 31.2. The third-order valence-electron chi connectivity index (χ3n) is 15.8. The highest BCUT2D eigenvalue weighted by Crippen LogP contribution is 2.34. The standard InChI is InChI=1S/C34H40Cl2N6O2.C26H23Cl3N4.C10H22N2O2.C2H6O/c1-4-44-34(43)30(17-18-40(2)3)38-33-28-7-5-6-8-29(28)37-31(39-33)23-41-19-21-42(22-20-41)32(24-9-13-26(35)14-10-24)25-11-15-27(36)16-12-25;27-20-9-5-18(6-10-20)25(19-7-11-21(28)12-8-19)33-15-13-32(14-16-33)17-24-30-23-4-2-1-3-22(23)26(29)31-24;1-8(2)7-14-10(13)9(11)5-6-12(3)4;1-2-3/h5-16,30,32H,4,17-23H2,1-3H3,(H,37,38,39);1-12,25H,13-17H2;8-9H,5-7,11H2,1-4H3;3H,2H2,1H3/t30-;;9-;/m0.0./s1. The Hall–Kier alpha value is -6.13. The maximum Gasteiger partial charge on any atom is 0.328 e. The minimum atomic E-state index is -0.510. The zero-order chi connectivity index (χ0) is 67.7. The summed E-state index contributed by atoms with van der Waals surface area (Å²) in [4.78, 5) is 57.1.